The van der Waals surface area contributed by atoms with Gasteiger partial charge in [-0.3, -0.25) is 25.2 Å². The zero-order valence-electron chi connectivity index (χ0n) is 29.1. The van der Waals surface area contributed by atoms with E-state index in [1.807, 2.05) is 0 Å². The molecule has 17 heteroatoms. The lowest BCUT2D eigenvalue weighted by Crippen LogP contribution is -2.60. The van der Waals surface area contributed by atoms with Gasteiger partial charge in [0.25, 0.3) is 17.7 Å². The summed E-state index contributed by atoms with van der Waals surface area (Å²) in [5, 5.41) is 5.26. The maximum atomic E-state index is 14.0. The van der Waals surface area contributed by atoms with E-state index in [9.17, 15) is 37.1 Å². The number of rotatable bonds is 7. The van der Waals surface area contributed by atoms with Crippen molar-refractivity contribution in [3.8, 4) is 5.75 Å². The van der Waals surface area contributed by atoms with E-state index in [4.69, 9.17) is 9.47 Å². The number of benzene rings is 2. The Bertz CT molecular complexity index is 1630. The standard InChI is InChI=1S/C34H42F3N5O8S/c1-31(2,3)49-29(46)38-23-19-51-25-14-11-21(17-24(25)42(27(23)44)18-20-9-12-22(13-10-20)48-34(35,36)37)26(43)40-41-28(45)33(15-7-8-16-33)39-30(47)50-32(4,5)6/h9-14,17,23H,7-8,15-16,18-19H2,1-6H3,(H,38,46)(H,39,47)(H,40,43)(H,41,45)/t23-/m0/s1. The molecule has 1 aliphatic carbocycles. The number of carbonyl (C=O) groups is 5. The Morgan fingerprint density at radius 1 is 0.882 bits per heavy atom. The number of hydrazine groups is 1. The molecule has 4 rings (SSSR count). The Labute approximate surface area is 297 Å². The van der Waals surface area contributed by atoms with E-state index >= 15 is 0 Å². The van der Waals surface area contributed by atoms with Crippen molar-refractivity contribution in [3.05, 3.63) is 53.6 Å². The number of anilines is 1. The average Bonchev–Trinajstić information content (AvgIpc) is 3.43. The van der Waals surface area contributed by atoms with E-state index < -0.39 is 64.8 Å². The monoisotopic (exact) mass is 737 g/mol. The first-order valence-corrected chi connectivity index (χ1v) is 17.2. The number of nitrogens with one attached hydrogen (secondary N) is 4. The third kappa shape index (κ3) is 11.2. The summed E-state index contributed by atoms with van der Waals surface area (Å²) in [5.74, 6) is -2.26. The van der Waals surface area contributed by atoms with E-state index in [2.05, 4.69) is 26.2 Å². The largest absolute Gasteiger partial charge is 0.573 e. The highest BCUT2D eigenvalue weighted by Gasteiger charge is 2.44. The van der Waals surface area contributed by atoms with Crippen molar-refractivity contribution in [1.82, 2.24) is 21.5 Å². The molecule has 0 unspecified atom stereocenters. The molecule has 2 aliphatic rings. The zero-order chi connectivity index (χ0) is 37.8. The summed E-state index contributed by atoms with van der Waals surface area (Å²) in [6, 6.07) is 8.40. The number of nitrogens with zero attached hydrogens (tertiary/aromatic N) is 1. The van der Waals surface area contributed by atoms with Gasteiger partial charge in [-0.05, 0) is 90.3 Å². The summed E-state index contributed by atoms with van der Waals surface area (Å²) in [7, 11) is 0. The van der Waals surface area contributed by atoms with Crippen LogP contribution in [-0.4, -0.2) is 64.8 Å². The molecular weight excluding hydrogens is 695 g/mol. The van der Waals surface area contributed by atoms with Crippen molar-refractivity contribution in [2.45, 2.75) is 108 Å². The molecule has 1 aliphatic heterocycles. The van der Waals surface area contributed by atoms with Crippen LogP contribution in [0.1, 0.15) is 83.1 Å². The van der Waals surface area contributed by atoms with Gasteiger partial charge in [0.15, 0.2) is 0 Å². The highest BCUT2D eigenvalue weighted by atomic mass is 32.2. The van der Waals surface area contributed by atoms with Gasteiger partial charge in [-0.25, -0.2) is 9.59 Å². The summed E-state index contributed by atoms with van der Waals surface area (Å²) in [6.07, 6.45) is -4.46. The van der Waals surface area contributed by atoms with Crippen molar-refractivity contribution in [2.24, 2.45) is 0 Å². The fourth-order valence-electron chi connectivity index (χ4n) is 5.43. The molecule has 1 heterocycles. The van der Waals surface area contributed by atoms with Crippen molar-refractivity contribution in [1.29, 1.82) is 0 Å². The van der Waals surface area contributed by atoms with Gasteiger partial charge in [-0.2, -0.15) is 0 Å². The van der Waals surface area contributed by atoms with Crippen molar-refractivity contribution >= 4 is 47.4 Å². The average molecular weight is 738 g/mol. The highest BCUT2D eigenvalue weighted by molar-refractivity contribution is 7.99. The molecule has 0 bridgehead atoms. The molecule has 278 valence electrons. The number of hydrogen-bond acceptors (Lipinski definition) is 9. The van der Waals surface area contributed by atoms with Gasteiger partial charge in [0, 0.05) is 16.2 Å². The van der Waals surface area contributed by atoms with Crippen LogP contribution in [-0.2, 0) is 25.6 Å². The second-order valence-electron chi connectivity index (χ2n) is 14.1. The zero-order valence-corrected chi connectivity index (χ0v) is 29.9. The summed E-state index contributed by atoms with van der Waals surface area (Å²) in [4.78, 5) is 67.7. The minimum absolute atomic E-state index is 0.0560. The molecule has 51 heavy (non-hydrogen) atoms. The Morgan fingerprint density at radius 2 is 1.49 bits per heavy atom. The first-order valence-electron chi connectivity index (χ1n) is 16.2. The van der Waals surface area contributed by atoms with Gasteiger partial charge in [0.1, 0.15) is 28.5 Å². The molecule has 13 nitrogen and oxygen atoms in total. The quantitative estimate of drug-likeness (QED) is 0.261. The molecule has 1 atom stereocenters. The maximum absolute atomic E-state index is 14.0. The summed E-state index contributed by atoms with van der Waals surface area (Å²) < 4.78 is 52.8. The molecule has 2 aromatic carbocycles. The predicted octanol–water partition coefficient (Wildman–Crippen LogP) is 5.72. The van der Waals surface area contributed by atoms with Crippen molar-refractivity contribution in [3.63, 3.8) is 0 Å². The van der Waals surface area contributed by atoms with Crippen LogP contribution < -0.4 is 31.1 Å². The molecular formula is C34H42F3N5O8S. The summed E-state index contributed by atoms with van der Waals surface area (Å²) in [6.45, 7) is 9.96. The molecule has 0 spiro atoms. The number of carbonyl (C=O) groups excluding carboxylic acids is 5. The first kappa shape index (κ1) is 39.1. The number of hydrogen-bond donors (Lipinski definition) is 4. The summed E-state index contributed by atoms with van der Waals surface area (Å²) in [5.41, 5.74) is 2.63. The Kier molecular flexibility index (Phi) is 11.7. The molecule has 2 aromatic rings. The molecule has 5 amide bonds. The normalized spacial score (nSPS) is 17.4. The number of ether oxygens (including phenoxy) is 3. The van der Waals surface area contributed by atoms with Crippen molar-refractivity contribution in [2.75, 3.05) is 10.7 Å². The van der Waals surface area contributed by atoms with E-state index in [-0.39, 0.29) is 23.5 Å². The lowest BCUT2D eigenvalue weighted by Gasteiger charge is -2.30. The van der Waals surface area contributed by atoms with Crippen molar-refractivity contribution < 1.29 is 51.4 Å². The third-order valence-corrected chi connectivity index (χ3v) is 8.75. The lowest BCUT2D eigenvalue weighted by molar-refractivity contribution is -0.274. The summed E-state index contributed by atoms with van der Waals surface area (Å²) >= 11 is 1.24. The third-order valence-electron chi connectivity index (χ3n) is 7.59. The number of amides is 5. The van der Waals surface area contributed by atoms with Crippen LogP contribution in [0.15, 0.2) is 47.4 Å². The SMILES string of the molecule is CC(C)(C)OC(=O)N[C@H]1CSc2ccc(C(=O)NNC(=O)C3(NC(=O)OC(C)(C)C)CCCC3)cc2N(Cc2ccc(OC(F)(F)F)cc2)C1=O. The lowest BCUT2D eigenvalue weighted by atomic mass is 9.97. The van der Waals surface area contributed by atoms with Gasteiger partial charge < -0.3 is 29.7 Å². The first-order chi connectivity index (χ1) is 23.6. The van der Waals surface area contributed by atoms with E-state index in [1.165, 1.54) is 40.9 Å². The minimum Gasteiger partial charge on any atom is -0.444 e. The molecule has 0 radical (unpaired) electrons. The van der Waals surface area contributed by atoms with Gasteiger partial charge >= 0.3 is 18.5 Å². The van der Waals surface area contributed by atoms with Crippen LogP contribution in [0.5, 0.6) is 5.75 Å². The molecule has 1 saturated carbocycles. The van der Waals surface area contributed by atoms with Crippen LogP contribution in [0.3, 0.4) is 0 Å². The number of halogens is 3. The second-order valence-corrected chi connectivity index (χ2v) is 15.2. The number of alkyl carbamates (subject to hydrolysis) is 2. The molecule has 0 saturated heterocycles. The molecule has 1 fully saturated rings. The highest BCUT2D eigenvalue weighted by Crippen LogP contribution is 2.37. The number of thioether (sulfide) groups is 1. The Hall–Kier alpha value is -4.67. The fraction of sp³-hybridized carbons (Fsp3) is 0.500. The van der Waals surface area contributed by atoms with E-state index in [0.29, 0.717) is 36.1 Å². The van der Waals surface area contributed by atoms with Gasteiger partial charge in [-0.15, -0.1) is 24.9 Å². The Morgan fingerprint density at radius 3 is 2.08 bits per heavy atom. The second kappa shape index (κ2) is 15.3. The molecule has 4 N–H and O–H groups in total. The number of alkyl halides is 3. The predicted molar refractivity (Wildman–Crippen MR) is 181 cm³/mol. The Balaban J connectivity index is 1.57. The van der Waals surface area contributed by atoms with Gasteiger partial charge in [0.2, 0.25) is 0 Å². The van der Waals surface area contributed by atoms with E-state index in [0.717, 1.165) is 12.1 Å². The van der Waals surface area contributed by atoms with Gasteiger partial charge in [0.05, 0.1) is 12.2 Å². The smallest absolute Gasteiger partial charge is 0.444 e. The minimum atomic E-state index is -4.89. The topological polar surface area (TPSA) is 164 Å². The van der Waals surface area contributed by atoms with E-state index in [1.54, 1.807) is 47.6 Å². The van der Waals surface area contributed by atoms with Crippen LogP contribution in [0.2, 0.25) is 0 Å². The van der Waals surface area contributed by atoms with Crippen LogP contribution >= 0.6 is 11.8 Å². The van der Waals surface area contributed by atoms with Crippen LogP contribution in [0, 0.1) is 0 Å². The number of fused-ring (bicyclic) bond motifs is 1. The van der Waals surface area contributed by atoms with Gasteiger partial charge in [-0.1, -0.05) is 25.0 Å². The van der Waals surface area contributed by atoms with Crippen LogP contribution in [0.25, 0.3) is 0 Å². The molecule has 0 aromatic heterocycles. The van der Waals surface area contributed by atoms with Crippen LogP contribution in [0.4, 0.5) is 28.4 Å². The fourth-order valence-corrected chi connectivity index (χ4v) is 6.48. The maximum Gasteiger partial charge on any atom is 0.573 e.